The maximum atomic E-state index is 13.5. The molecule has 1 heterocycles. The van der Waals surface area contributed by atoms with Crippen LogP contribution in [-0.4, -0.2) is 114 Å². The van der Waals surface area contributed by atoms with Crippen LogP contribution in [0.3, 0.4) is 0 Å². The van der Waals surface area contributed by atoms with Crippen molar-refractivity contribution in [3.8, 4) is 0 Å². The van der Waals surface area contributed by atoms with Gasteiger partial charge in [-0.05, 0) is 30.6 Å². The Bertz CT molecular complexity index is 1110. The Morgan fingerprint density at radius 1 is 0.689 bits per heavy atom. The van der Waals surface area contributed by atoms with Gasteiger partial charge in [0.2, 0.25) is 41.4 Å². The van der Waals surface area contributed by atoms with Gasteiger partial charge >= 0.3 is 5.97 Å². The number of nitrogens with one attached hydrogen (secondary N) is 6. The summed E-state index contributed by atoms with van der Waals surface area (Å²) in [6, 6.07) is -3.85. The number of rotatable bonds is 17. The molecule has 0 aromatic heterocycles. The summed E-state index contributed by atoms with van der Waals surface area (Å²) in [5.41, 5.74) is 5.30. The van der Waals surface area contributed by atoms with Gasteiger partial charge in [-0.15, -0.1) is 0 Å². The van der Waals surface area contributed by atoms with Crippen LogP contribution in [0.15, 0.2) is 0 Å². The number of nitrogens with zero attached hydrogens (tertiary/aromatic N) is 1. The van der Waals surface area contributed by atoms with E-state index in [1.165, 1.54) is 4.90 Å². The lowest BCUT2D eigenvalue weighted by molar-refractivity contribution is -0.142. The van der Waals surface area contributed by atoms with Crippen LogP contribution in [0.2, 0.25) is 0 Å². The Labute approximate surface area is 262 Å². The number of hydrogen-bond acceptors (Lipinski definition) is 9. The Morgan fingerprint density at radius 3 is 1.60 bits per heavy atom. The van der Waals surface area contributed by atoms with Crippen LogP contribution in [0.25, 0.3) is 0 Å². The summed E-state index contributed by atoms with van der Waals surface area (Å²) in [5, 5.41) is 23.5. The predicted octanol–water partition coefficient (Wildman–Crippen LogP) is -3.21. The average molecular weight is 641 g/mol. The summed E-state index contributed by atoms with van der Waals surface area (Å²) in [6.07, 6.45) is 0.834. The van der Waals surface area contributed by atoms with Gasteiger partial charge < -0.3 is 47.6 Å². The molecular weight excluding hydrogens is 592 g/mol. The number of carboxylic acids is 1. The fourth-order valence-electron chi connectivity index (χ4n) is 4.58. The molecule has 0 radical (unpaired) electrons. The molecule has 1 aliphatic rings. The van der Waals surface area contributed by atoms with Gasteiger partial charge in [0.1, 0.15) is 30.7 Å². The summed E-state index contributed by atoms with van der Waals surface area (Å²) >= 11 is 0. The molecule has 4 atom stereocenters. The molecule has 0 unspecified atom stereocenters. The lowest BCUT2D eigenvalue weighted by Crippen LogP contribution is -2.57. The van der Waals surface area contributed by atoms with E-state index in [0.29, 0.717) is 12.8 Å². The number of aliphatic carboxylic acids is 1. The van der Waals surface area contributed by atoms with E-state index < -0.39 is 91.1 Å². The topological polar surface area (TPSA) is 258 Å². The van der Waals surface area contributed by atoms with E-state index in [9.17, 15) is 38.4 Å². The largest absolute Gasteiger partial charge is 0.480 e. The Balaban J connectivity index is 2.79. The molecule has 0 aromatic rings. The van der Waals surface area contributed by atoms with Crippen LogP contribution in [0.4, 0.5) is 0 Å². The van der Waals surface area contributed by atoms with Crippen LogP contribution in [0, 0.1) is 17.8 Å². The van der Waals surface area contributed by atoms with E-state index in [0.717, 1.165) is 0 Å². The molecule has 0 spiro atoms. The third-order valence-corrected chi connectivity index (χ3v) is 7.06. The zero-order chi connectivity index (χ0) is 34.4. The van der Waals surface area contributed by atoms with Gasteiger partial charge in [-0.3, -0.25) is 38.4 Å². The maximum absolute atomic E-state index is 13.5. The molecular formula is C28H48N8O9. The molecule has 45 heavy (non-hydrogen) atoms. The molecule has 1 fully saturated rings. The summed E-state index contributed by atoms with van der Waals surface area (Å²) < 4.78 is 0. The minimum Gasteiger partial charge on any atom is -0.480 e. The second kappa shape index (κ2) is 18.5. The fourth-order valence-corrected chi connectivity index (χ4v) is 4.58. The summed E-state index contributed by atoms with van der Waals surface area (Å²) in [5.74, 6) is -6.48. The molecule has 254 valence electrons. The van der Waals surface area contributed by atoms with Crippen LogP contribution in [-0.2, 0) is 38.4 Å². The van der Waals surface area contributed by atoms with Crippen LogP contribution in [0.5, 0.6) is 0 Å². The van der Waals surface area contributed by atoms with E-state index in [-0.39, 0.29) is 30.8 Å². The van der Waals surface area contributed by atoms with Gasteiger partial charge in [-0.2, -0.15) is 0 Å². The second-order valence-electron chi connectivity index (χ2n) is 11.8. The maximum Gasteiger partial charge on any atom is 0.322 e. The predicted molar refractivity (Wildman–Crippen MR) is 161 cm³/mol. The van der Waals surface area contributed by atoms with Crippen molar-refractivity contribution >= 4 is 47.3 Å². The van der Waals surface area contributed by atoms with Gasteiger partial charge in [0.15, 0.2) is 0 Å². The van der Waals surface area contributed by atoms with E-state index in [1.54, 1.807) is 41.5 Å². The highest BCUT2D eigenvalue weighted by Crippen LogP contribution is 2.20. The molecule has 1 saturated heterocycles. The van der Waals surface area contributed by atoms with Crippen molar-refractivity contribution in [2.24, 2.45) is 23.5 Å². The van der Waals surface area contributed by atoms with Gasteiger partial charge in [-0.1, -0.05) is 41.5 Å². The zero-order valence-corrected chi connectivity index (χ0v) is 26.7. The molecule has 9 N–H and O–H groups in total. The molecule has 17 nitrogen and oxygen atoms in total. The van der Waals surface area contributed by atoms with Crippen molar-refractivity contribution in [1.29, 1.82) is 0 Å². The van der Waals surface area contributed by atoms with Gasteiger partial charge in [0.05, 0.1) is 19.6 Å². The van der Waals surface area contributed by atoms with Crippen molar-refractivity contribution in [2.45, 2.75) is 78.6 Å². The van der Waals surface area contributed by atoms with Gasteiger partial charge in [-0.25, -0.2) is 0 Å². The first-order chi connectivity index (χ1) is 21.0. The number of carbonyl (C=O) groups excluding carboxylic acids is 7. The highest BCUT2D eigenvalue weighted by atomic mass is 16.4. The first-order valence-corrected chi connectivity index (χ1v) is 14.9. The lowest BCUT2D eigenvalue weighted by atomic mass is 10.0. The Hall–Kier alpha value is -4.28. The molecule has 7 amide bonds. The molecule has 0 saturated carbocycles. The standard InChI is InChI=1S/C28H48N8O9/c1-14(2)22(33-18(37)10-29)26(43)31-12-20(39)35-24(16(5)6)28(45)36-9-7-8-17(36)25(42)30-11-19(38)34-23(15(3)4)27(44)32-13-21(40)41/h14-17,22-24H,7-13,29H2,1-6H3,(H,30,42)(H,31,43)(H,32,44)(H,33,37)(H,34,38)(H,35,39)(H,40,41)/t17-,22-,23-,24-/m0/s1. The summed E-state index contributed by atoms with van der Waals surface area (Å²) in [6.45, 7) is 8.58. The molecule has 0 aromatic carbocycles. The number of likely N-dealkylation sites (tertiary alicyclic amines) is 1. The molecule has 17 heteroatoms. The van der Waals surface area contributed by atoms with E-state index in [1.807, 2.05) is 0 Å². The number of carbonyl (C=O) groups is 8. The first kappa shape index (κ1) is 38.7. The zero-order valence-electron chi connectivity index (χ0n) is 26.7. The Kier molecular flexibility index (Phi) is 15.9. The third-order valence-electron chi connectivity index (χ3n) is 7.06. The van der Waals surface area contributed by atoms with Crippen molar-refractivity contribution in [2.75, 3.05) is 32.7 Å². The van der Waals surface area contributed by atoms with Gasteiger partial charge in [0.25, 0.3) is 0 Å². The van der Waals surface area contributed by atoms with Crippen molar-refractivity contribution in [3.05, 3.63) is 0 Å². The van der Waals surface area contributed by atoms with Crippen LogP contribution < -0.4 is 37.6 Å². The Morgan fingerprint density at radius 2 is 1.13 bits per heavy atom. The molecule has 0 aliphatic carbocycles. The molecule has 1 rings (SSSR count). The highest BCUT2D eigenvalue weighted by molar-refractivity contribution is 5.96. The highest BCUT2D eigenvalue weighted by Gasteiger charge is 2.39. The number of carboxylic acid groups (broad SMARTS) is 1. The minimum atomic E-state index is -1.24. The van der Waals surface area contributed by atoms with Gasteiger partial charge in [0, 0.05) is 6.54 Å². The first-order valence-electron chi connectivity index (χ1n) is 14.9. The van der Waals surface area contributed by atoms with Crippen molar-refractivity contribution in [3.63, 3.8) is 0 Å². The quantitative estimate of drug-likeness (QED) is 0.0789. The smallest absolute Gasteiger partial charge is 0.322 e. The minimum absolute atomic E-state index is 0.245. The number of hydrogen-bond donors (Lipinski definition) is 8. The van der Waals surface area contributed by atoms with E-state index in [4.69, 9.17) is 10.8 Å². The van der Waals surface area contributed by atoms with Crippen molar-refractivity contribution < 1.29 is 43.5 Å². The SMILES string of the molecule is CC(C)[C@H](NC(=O)CN)C(=O)NCC(=O)N[C@H](C(=O)N1CCC[C@H]1C(=O)NCC(=O)N[C@H](C(=O)NCC(=O)O)C(C)C)C(C)C. The second-order valence-corrected chi connectivity index (χ2v) is 11.8. The number of nitrogens with two attached hydrogens (primary N) is 1. The molecule has 1 aliphatic heterocycles. The average Bonchev–Trinajstić information content (AvgIpc) is 3.46. The summed E-state index contributed by atoms with van der Waals surface area (Å²) in [7, 11) is 0. The monoisotopic (exact) mass is 640 g/mol. The number of amides is 7. The lowest BCUT2D eigenvalue weighted by Gasteiger charge is -2.30. The van der Waals surface area contributed by atoms with E-state index >= 15 is 0 Å². The normalized spacial score (nSPS) is 16.4. The summed E-state index contributed by atoms with van der Waals surface area (Å²) in [4.78, 5) is 100. The van der Waals surface area contributed by atoms with E-state index in [2.05, 4.69) is 31.9 Å². The van der Waals surface area contributed by atoms with Crippen LogP contribution in [0.1, 0.15) is 54.4 Å². The molecule has 0 bridgehead atoms. The van der Waals surface area contributed by atoms with Crippen LogP contribution >= 0.6 is 0 Å². The van der Waals surface area contributed by atoms with Crippen molar-refractivity contribution in [1.82, 2.24) is 36.8 Å². The fraction of sp³-hybridized carbons (Fsp3) is 0.714. The third kappa shape index (κ3) is 12.7.